The minimum atomic E-state index is 1.01. The van der Waals surface area contributed by atoms with E-state index in [4.69, 9.17) is 0 Å². The van der Waals surface area contributed by atoms with Crippen LogP contribution in [-0.4, -0.2) is 13.1 Å². The second kappa shape index (κ2) is 9.92. The number of hydrogen-bond acceptors (Lipinski definition) is 2. The first-order valence-corrected chi connectivity index (χ1v) is 4.87. The molecule has 0 aliphatic heterocycles. The molecule has 11 heavy (non-hydrogen) atoms. The van der Waals surface area contributed by atoms with Crippen molar-refractivity contribution in [3.05, 3.63) is 0 Å². The molecule has 0 heterocycles. The fourth-order valence-corrected chi connectivity index (χ4v) is 1.03. The zero-order chi connectivity index (χ0) is 8.36. The lowest BCUT2D eigenvalue weighted by Gasteiger charge is -2.03. The van der Waals surface area contributed by atoms with Crippen molar-refractivity contribution >= 4 is 0 Å². The topological polar surface area (TPSA) is 24.1 Å². The van der Waals surface area contributed by atoms with Gasteiger partial charge in [-0.15, -0.1) is 0 Å². The molecule has 0 aliphatic carbocycles. The molecule has 0 atom stereocenters. The third-order valence-corrected chi connectivity index (χ3v) is 1.71. The van der Waals surface area contributed by atoms with Crippen molar-refractivity contribution in [3.8, 4) is 0 Å². The first kappa shape index (κ1) is 10.9. The summed E-state index contributed by atoms with van der Waals surface area (Å²) in [4.78, 5) is 0. The lowest BCUT2D eigenvalue weighted by atomic mass is 10.2. The van der Waals surface area contributed by atoms with E-state index in [0.29, 0.717) is 0 Å². The summed E-state index contributed by atoms with van der Waals surface area (Å²) in [7, 11) is 0. The molecule has 0 aromatic carbocycles. The summed E-state index contributed by atoms with van der Waals surface area (Å²) in [6, 6.07) is 0. The Labute approximate surface area is 70.7 Å². The molecule has 0 spiro atoms. The zero-order valence-electron chi connectivity index (χ0n) is 7.95. The first-order valence-electron chi connectivity index (χ1n) is 4.87. The third-order valence-electron chi connectivity index (χ3n) is 1.71. The van der Waals surface area contributed by atoms with E-state index in [2.05, 4.69) is 24.7 Å². The Hall–Kier alpha value is -0.0800. The highest BCUT2D eigenvalue weighted by molar-refractivity contribution is 4.44. The van der Waals surface area contributed by atoms with Gasteiger partial charge in [0.25, 0.3) is 0 Å². The molecule has 0 unspecified atom stereocenters. The van der Waals surface area contributed by atoms with Crippen molar-refractivity contribution in [1.82, 2.24) is 10.9 Å². The standard InChI is InChI=1S/C9H22N2/c1-3-5-6-7-8-9-11-10-4-2/h10-11H,3-9H2,1-2H3. The van der Waals surface area contributed by atoms with Crippen LogP contribution in [0, 0.1) is 0 Å². The summed E-state index contributed by atoms with van der Waals surface area (Å²) in [5.74, 6) is 0. The van der Waals surface area contributed by atoms with Gasteiger partial charge >= 0.3 is 0 Å². The first-order chi connectivity index (χ1) is 5.41. The minimum Gasteiger partial charge on any atom is -0.258 e. The Kier molecular flexibility index (Phi) is 9.85. The fraction of sp³-hybridized carbons (Fsp3) is 1.00. The summed E-state index contributed by atoms with van der Waals surface area (Å²) in [5.41, 5.74) is 6.25. The minimum absolute atomic E-state index is 1.01. The molecule has 0 saturated carbocycles. The van der Waals surface area contributed by atoms with Crippen molar-refractivity contribution in [3.63, 3.8) is 0 Å². The second-order valence-electron chi connectivity index (χ2n) is 2.87. The molecular formula is C9H22N2. The van der Waals surface area contributed by atoms with Crippen molar-refractivity contribution in [1.29, 1.82) is 0 Å². The van der Waals surface area contributed by atoms with Crippen LogP contribution < -0.4 is 10.9 Å². The third kappa shape index (κ3) is 9.92. The van der Waals surface area contributed by atoms with Crippen LogP contribution in [0.3, 0.4) is 0 Å². The number of hydrazine groups is 1. The van der Waals surface area contributed by atoms with Crippen molar-refractivity contribution in [2.75, 3.05) is 13.1 Å². The van der Waals surface area contributed by atoms with Crippen molar-refractivity contribution in [2.24, 2.45) is 0 Å². The predicted molar refractivity (Wildman–Crippen MR) is 50.4 cm³/mol. The monoisotopic (exact) mass is 158 g/mol. The van der Waals surface area contributed by atoms with E-state index in [1.165, 1.54) is 32.1 Å². The van der Waals surface area contributed by atoms with E-state index in [0.717, 1.165) is 13.1 Å². The summed E-state index contributed by atoms with van der Waals surface area (Å²) >= 11 is 0. The lowest BCUT2D eigenvalue weighted by molar-refractivity contribution is 0.515. The molecule has 0 amide bonds. The number of rotatable bonds is 8. The summed E-state index contributed by atoms with van der Waals surface area (Å²) in [6.07, 6.45) is 6.78. The largest absolute Gasteiger partial charge is 0.258 e. The number of unbranched alkanes of at least 4 members (excludes halogenated alkanes) is 4. The Morgan fingerprint density at radius 3 is 2.18 bits per heavy atom. The molecule has 2 N–H and O–H groups in total. The molecule has 68 valence electrons. The van der Waals surface area contributed by atoms with Crippen LogP contribution in [-0.2, 0) is 0 Å². The maximum Gasteiger partial charge on any atom is 0.00997 e. The Balaban J connectivity index is 2.69. The van der Waals surface area contributed by atoms with E-state index >= 15 is 0 Å². The molecule has 0 saturated heterocycles. The van der Waals surface area contributed by atoms with Gasteiger partial charge in [-0.1, -0.05) is 39.5 Å². The van der Waals surface area contributed by atoms with Crippen molar-refractivity contribution < 1.29 is 0 Å². The van der Waals surface area contributed by atoms with E-state index in [1.54, 1.807) is 0 Å². The average Bonchev–Trinajstić information content (AvgIpc) is 2.03. The van der Waals surface area contributed by atoms with E-state index in [9.17, 15) is 0 Å². The van der Waals surface area contributed by atoms with Gasteiger partial charge in [0.1, 0.15) is 0 Å². The molecular weight excluding hydrogens is 136 g/mol. The molecule has 0 fully saturated rings. The van der Waals surface area contributed by atoms with Gasteiger partial charge in [-0.05, 0) is 6.42 Å². The second-order valence-corrected chi connectivity index (χ2v) is 2.87. The molecule has 0 rings (SSSR count). The summed E-state index contributed by atoms with van der Waals surface area (Å²) in [6.45, 7) is 6.47. The lowest BCUT2D eigenvalue weighted by Crippen LogP contribution is -2.31. The SMILES string of the molecule is CCCCCCCNNCC. The Bertz CT molecular complexity index is 56.6. The van der Waals surface area contributed by atoms with Crippen LogP contribution in [0.5, 0.6) is 0 Å². The van der Waals surface area contributed by atoms with Crippen LogP contribution in [0.25, 0.3) is 0 Å². The molecule has 2 nitrogen and oxygen atoms in total. The van der Waals surface area contributed by atoms with Crippen molar-refractivity contribution in [2.45, 2.75) is 46.0 Å². The van der Waals surface area contributed by atoms with Crippen LogP contribution in [0.1, 0.15) is 46.0 Å². The fourth-order valence-electron chi connectivity index (χ4n) is 1.03. The molecule has 0 aromatic rings. The van der Waals surface area contributed by atoms with Crippen LogP contribution in [0.2, 0.25) is 0 Å². The van der Waals surface area contributed by atoms with Gasteiger partial charge in [-0.25, -0.2) is 0 Å². The zero-order valence-corrected chi connectivity index (χ0v) is 7.95. The Morgan fingerprint density at radius 1 is 0.818 bits per heavy atom. The van der Waals surface area contributed by atoms with Crippen LogP contribution in [0.15, 0.2) is 0 Å². The molecule has 0 radical (unpaired) electrons. The predicted octanol–water partition coefficient (Wildman–Crippen LogP) is 2.07. The highest BCUT2D eigenvalue weighted by Gasteiger charge is 1.87. The summed E-state index contributed by atoms with van der Waals surface area (Å²) in [5, 5.41) is 0. The normalized spacial score (nSPS) is 10.4. The Morgan fingerprint density at radius 2 is 1.55 bits per heavy atom. The average molecular weight is 158 g/mol. The van der Waals surface area contributed by atoms with E-state index in [-0.39, 0.29) is 0 Å². The van der Waals surface area contributed by atoms with Gasteiger partial charge in [0.2, 0.25) is 0 Å². The maximum absolute atomic E-state index is 3.16. The van der Waals surface area contributed by atoms with Gasteiger partial charge in [-0.2, -0.15) is 0 Å². The van der Waals surface area contributed by atoms with Gasteiger partial charge in [0, 0.05) is 13.1 Å². The van der Waals surface area contributed by atoms with Gasteiger partial charge in [0.15, 0.2) is 0 Å². The van der Waals surface area contributed by atoms with E-state index in [1.807, 2.05) is 0 Å². The van der Waals surface area contributed by atoms with Gasteiger partial charge in [-0.3, -0.25) is 10.9 Å². The van der Waals surface area contributed by atoms with Crippen LogP contribution >= 0.6 is 0 Å². The highest BCUT2D eigenvalue weighted by Crippen LogP contribution is 2.00. The highest BCUT2D eigenvalue weighted by atomic mass is 15.3. The number of nitrogens with one attached hydrogen (secondary N) is 2. The maximum atomic E-state index is 3.16. The molecule has 0 aliphatic rings. The quantitative estimate of drug-likeness (QED) is 0.417. The van der Waals surface area contributed by atoms with E-state index < -0.39 is 0 Å². The number of hydrogen-bond donors (Lipinski definition) is 2. The molecule has 0 bridgehead atoms. The smallest absolute Gasteiger partial charge is 0.00997 e. The van der Waals surface area contributed by atoms with Gasteiger partial charge in [0.05, 0.1) is 0 Å². The summed E-state index contributed by atoms with van der Waals surface area (Å²) < 4.78 is 0. The molecule has 2 heteroatoms. The molecule has 0 aromatic heterocycles. The van der Waals surface area contributed by atoms with Crippen LogP contribution in [0.4, 0.5) is 0 Å². The van der Waals surface area contributed by atoms with Gasteiger partial charge < -0.3 is 0 Å².